The summed E-state index contributed by atoms with van der Waals surface area (Å²) < 4.78 is 10.6. The van der Waals surface area contributed by atoms with Gasteiger partial charge in [0, 0.05) is 44.8 Å². The van der Waals surface area contributed by atoms with Gasteiger partial charge in [-0.15, -0.1) is 24.0 Å². The molecule has 1 aliphatic rings. The fourth-order valence-corrected chi connectivity index (χ4v) is 3.60. The van der Waals surface area contributed by atoms with Crippen molar-refractivity contribution < 1.29 is 14.3 Å². The highest BCUT2D eigenvalue weighted by atomic mass is 127. The van der Waals surface area contributed by atoms with E-state index in [-0.39, 0.29) is 35.9 Å². The molecule has 174 valence electrons. The minimum absolute atomic E-state index is 0. The Balaban J connectivity index is 0.00000363. The Kier molecular flexibility index (Phi) is 10.4. The van der Waals surface area contributed by atoms with Crippen molar-refractivity contribution in [3.8, 4) is 11.5 Å². The van der Waals surface area contributed by atoms with Crippen molar-refractivity contribution in [3.05, 3.63) is 54.1 Å². The molecule has 0 aliphatic carbocycles. The van der Waals surface area contributed by atoms with E-state index in [1.807, 2.05) is 24.3 Å². The minimum atomic E-state index is -0.133. The molecule has 0 spiro atoms. The number of hydrogen-bond acceptors (Lipinski definition) is 5. The summed E-state index contributed by atoms with van der Waals surface area (Å²) in [6, 6.07) is 15.4. The van der Waals surface area contributed by atoms with Crippen LogP contribution in [0.1, 0.15) is 16.8 Å². The Bertz CT molecular complexity index is 909. The predicted molar refractivity (Wildman–Crippen MR) is 139 cm³/mol. The molecular formula is C23H32IN5O3. The number of halogens is 1. The third-order valence-corrected chi connectivity index (χ3v) is 5.21. The highest BCUT2D eigenvalue weighted by Crippen LogP contribution is 2.30. The Morgan fingerprint density at radius 3 is 2.62 bits per heavy atom. The largest absolute Gasteiger partial charge is 0.497 e. The molecule has 9 heteroatoms. The number of carbonyl (C=O) groups excluding carboxylic acids is 1. The van der Waals surface area contributed by atoms with Crippen LogP contribution in [0.5, 0.6) is 11.5 Å². The van der Waals surface area contributed by atoms with Gasteiger partial charge in [-0.3, -0.25) is 9.79 Å². The quantitative estimate of drug-likeness (QED) is 0.202. The molecule has 0 radical (unpaired) electrons. The summed E-state index contributed by atoms with van der Waals surface area (Å²) in [5.41, 5.74) is 1.68. The molecule has 0 saturated carbocycles. The topological polar surface area (TPSA) is 87.2 Å². The minimum Gasteiger partial charge on any atom is -0.497 e. The lowest BCUT2D eigenvalue weighted by atomic mass is 10.2. The van der Waals surface area contributed by atoms with Crippen molar-refractivity contribution in [3.63, 3.8) is 0 Å². The lowest BCUT2D eigenvalue weighted by molar-refractivity contribution is 0.0954. The summed E-state index contributed by atoms with van der Waals surface area (Å²) in [4.78, 5) is 18.9. The van der Waals surface area contributed by atoms with Crippen molar-refractivity contribution in [2.45, 2.75) is 12.5 Å². The predicted octanol–water partition coefficient (Wildman–Crippen LogP) is 2.50. The fourth-order valence-electron chi connectivity index (χ4n) is 3.60. The van der Waals surface area contributed by atoms with E-state index in [0.717, 1.165) is 36.9 Å². The van der Waals surface area contributed by atoms with Crippen LogP contribution < -0.4 is 30.3 Å². The third kappa shape index (κ3) is 6.91. The normalized spacial score (nSPS) is 15.5. The first-order chi connectivity index (χ1) is 15.1. The summed E-state index contributed by atoms with van der Waals surface area (Å²) in [7, 11) is 5.03. The van der Waals surface area contributed by atoms with Crippen LogP contribution in [0, 0.1) is 0 Å². The first kappa shape index (κ1) is 25.6. The Labute approximate surface area is 206 Å². The molecular weight excluding hydrogens is 521 g/mol. The van der Waals surface area contributed by atoms with E-state index >= 15 is 0 Å². The zero-order valence-electron chi connectivity index (χ0n) is 18.8. The Morgan fingerprint density at radius 1 is 1.09 bits per heavy atom. The first-order valence-electron chi connectivity index (χ1n) is 10.4. The molecule has 1 atom stereocenters. The van der Waals surface area contributed by atoms with Gasteiger partial charge in [0.05, 0.1) is 19.9 Å². The van der Waals surface area contributed by atoms with Crippen LogP contribution >= 0.6 is 24.0 Å². The van der Waals surface area contributed by atoms with Crippen LogP contribution in [0.25, 0.3) is 0 Å². The Hall–Kier alpha value is -2.69. The number of nitrogens with one attached hydrogen (secondary N) is 3. The average molecular weight is 553 g/mol. The van der Waals surface area contributed by atoms with Gasteiger partial charge in [0.25, 0.3) is 5.91 Å². The second-order valence-corrected chi connectivity index (χ2v) is 7.23. The molecule has 0 bridgehead atoms. The van der Waals surface area contributed by atoms with Gasteiger partial charge in [-0.2, -0.15) is 0 Å². The third-order valence-electron chi connectivity index (χ3n) is 5.21. The van der Waals surface area contributed by atoms with Gasteiger partial charge >= 0.3 is 0 Å². The number of rotatable bonds is 8. The number of aliphatic imine (C=N–C) groups is 1. The number of guanidine groups is 1. The number of amides is 1. The average Bonchev–Trinajstić information content (AvgIpc) is 3.29. The number of ether oxygens (including phenoxy) is 2. The van der Waals surface area contributed by atoms with Gasteiger partial charge in [0.2, 0.25) is 0 Å². The maximum Gasteiger partial charge on any atom is 0.251 e. The lowest BCUT2D eigenvalue weighted by Gasteiger charge is -2.22. The molecule has 3 rings (SSSR count). The van der Waals surface area contributed by atoms with Crippen molar-refractivity contribution in [1.82, 2.24) is 16.0 Å². The van der Waals surface area contributed by atoms with E-state index in [0.29, 0.717) is 24.4 Å². The van der Waals surface area contributed by atoms with Crippen molar-refractivity contribution in [2.24, 2.45) is 4.99 Å². The molecule has 8 nitrogen and oxygen atoms in total. The fraction of sp³-hybridized carbons (Fsp3) is 0.391. The van der Waals surface area contributed by atoms with Crippen molar-refractivity contribution in [2.75, 3.05) is 52.3 Å². The van der Waals surface area contributed by atoms with E-state index in [4.69, 9.17) is 9.47 Å². The van der Waals surface area contributed by atoms with Gasteiger partial charge in [-0.1, -0.05) is 18.2 Å². The second kappa shape index (κ2) is 13.0. The van der Waals surface area contributed by atoms with E-state index < -0.39 is 0 Å². The molecule has 1 amide bonds. The first-order valence-corrected chi connectivity index (χ1v) is 10.4. The highest BCUT2D eigenvalue weighted by molar-refractivity contribution is 14.0. The zero-order chi connectivity index (χ0) is 22.1. The number of anilines is 1. The highest BCUT2D eigenvalue weighted by Gasteiger charge is 2.25. The van der Waals surface area contributed by atoms with E-state index in [1.54, 1.807) is 39.5 Å². The molecule has 2 aromatic rings. The van der Waals surface area contributed by atoms with Crippen LogP contribution in [0.4, 0.5) is 5.69 Å². The van der Waals surface area contributed by atoms with Gasteiger partial charge < -0.3 is 30.3 Å². The molecule has 3 N–H and O–H groups in total. The second-order valence-electron chi connectivity index (χ2n) is 7.23. The maximum atomic E-state index is 12.3. The van der Waals surface area contributed by atoms with Gasteiger partial charge in [-0.25, -0.2) is 0 Å². The summed E-state index contributed by atoms with van der Waals surface area (Å²) in [5.74, 6) is 2.14. The lowest BCUT2D eigenvalue weighted by Crippen LogP contribution is -2.46. The Morgan fingerprint density at radius 2 is 1.88 bits per heavy atom. The number of benzene rings is 2. The van der Waals surface area contributed by atoms with Crippen LogP contribution in [0.3, 0.4) is 0 Å². The molecule has 1 saturated heterocycles. The van der Waals surface area contributed by atoms with Gasteiger partial charge in [0.1, 0.15) is 11.5 Å². The summed E-state index contributed by atoms with van der Waals surface area (Å²) in [6.07, 6.45) is 1.01. The van der Waals surface area contributed by atoms with Crippen LogP contribution in [0.2, 0.25) is 0 Å². The van der Waals surface area contributed by atoms with E-state index in [9.17, 15) is 4.79 Å². The molecule has 1 heterocycles. The monoisotopic (exact) mass is 553 g/mol. The molecule has 1 unspecified atom stereocenters. The van der Waals surface area contributed by atoms with Crippen LogP contribution in [-0.4, -0.2) is 65.4 Å². The van der Waals surface area contributed by atoms with Crippen LogP contribution in [-0.2, 0) is 0 Å². The number of nitrogens with zero attached hydrogens (tertiary/aromatic N) is 2. The summed E-state index contributed by atoms with van der Waals surface area (Å²) in [6.45, 7) is 2.87. The van der Waals surface area contributed by atoms with Crippen molar-refractivity contribution in [1.29, 1.82) is 0 Å². The standard InChI is InChI=1S/C23H31N5O3.HI/c1-24-23(26-13-12-25-22(29)17-7-6-8-19(15-17)30-2)27-18-11-14-28(16-18)20-9-4-5-10-21(20)31-3;/h4-10,15,18H,11-14,16H2,1-3H3,(H,25,29)(H2,24,26,27);1H. The number of hydrogen-bond donors (Lipinski definition) is 3. The zero-order valence-corrected chi connectivity index (χ0v) is 21.1. The van der Waals surface area contributed by atoms with Gasteiger partial charge in [-0.05, 0) is 36.8 Å². The molecule has 1 aliphatic heterocycles. The molecule has 0 aromatic heterocycles. The van der Waals surface area contributed by atoms with Crippen LogP contribution in [0.15, 0.2) is 53.5 Å². The molecule has 2 aromatic carbocycles. The van der Waals surface area contributed by atoms with Gasteiger partial charge in [0.15, 0.2) is 5.96 Å². The number of para-hydroxylation sites is 2. The molecule has 32 heavy (non-hydrogen) atoms. The number of carbonyl (C=O) groups is 1. The van der Waals surface area contributed by atoms with Crippen molar-refractivity contribution >= 4 is 41.5 Å². The number of methoxy groups -OCH3 is 2. The summed E-state index contributed by atoms with van der Waals surface area (Å²) >= 11 is 0. The smallest absolute Gasteiger partial charge is 0.251 e. The molecule has 1 fully saturated rings. The maximum absolute atomic E-state index is 12.3. The van der Waals surface area contributed by atoms with E-state index in [2.05, 4.69) is 31.9 Å². The summed E-state index contributed by atoms with van der Waals surface area (Å²) in [5, 5.41) is 9.63. The SMILES string of the molecule is CN=C(NCCNC(=O)c1cccc(OC)c1)NC1CCN(c2ccccc2OC)C1.I. The van der Waals surface area contributed by atoms with E-state index in [1.165, 1.54) is 0 Å².